The number of sulfonamides is 1. The molecule has 25 heavy (non-hydrogen) atoms. The monoisotopic (exact) mass is 392 g/mol. The van der Waals surface area contributed by atoms with Crippen molar-refractivity contribution >= 4 is 50.2 Å². The Labute approximate surface area is 154 Å². The standard InChI is InChI=1S/C17H13ClN2O3S2/c18-16-10-9-15(24-16)17(21)19-12-5-4-6-13(11-12)20-25(22,23)14-7-2-1-3-8-14/h1-11,20H,(H,19,21). The van der Waals surface area contributed by atoms with Crippen molar-refractivity contribution in [1.29, 1.82) is 0 Å². The summed E-state index contributed by atoms with van der Waals surface area (Å²) in [6.07, 6.45) is 0. The molecule has 0 aliphatic rings. The van der Waals surface area contributed by atoms with E-state index in [1.807, 2.05) is 0 Å². The molecule has 1 amide bonds. The lowest BCUT2D eigenvalue weighted by atomic mass is 10.3. The van der Waals surface area contributed by atoms with E-state index in [1.165, 1.54) is 23.5 Å². The summed E-state index contributed by atoms with van der Waals surface area (Å²) < 4.78 is 27.7. The number of thiophene rings is 1. The number of amides is 1. The van der Waals surface area contributed by atoms with Crippen molar-refractivity contribution in [2.24, 2.45) is 0 Å². The highest BCUT2D eigenvalue weighted by Crippen LogP contribution is 2.24. The van der Waals surface area contributed by atoms with Crippen LogP contribution in [0.3, 0.4) is 0 Å². The van der Waals surface area contributed by atoms with Crippen LogP contribution in [-0.2, 0) is 10.0 Å². The maximum absolute atomic E-state index is 12.3. The van der Waals surface area contributed by atoms with Gasteiger partial charge in [0.1, 0.15) is 0 Å². The Balaban J connectivity index is 1.77. The molecule has 0 saturated carbocycles. The van der Waals surface area contributed by atoms with Crippen molar-refractivity contribution in [3.05, 3.63) is 75.9 Å². The minimum atomic E-state index is -3.69. The Morgan fingerprint density at radius 2 is 1.64 bits per heavy atom. The van der Waals surface area contributed by atoms with Crippen molar-refractivity contribution in [2.75, 3.05) is 10.0 Å². The fourth-order valence-electron chi connectivity index (χ4n) is 2.10. The Morgan fingerprint density at radius 3 is 2.32 bits per heavy atom. The van der Waals surface area contributed by atoms with Gasteiger partial charge >= 0.3 is 0 Å². The van der Waals surface area contributed by atoms with Gasteiger partial charge in [0, 0.05) is 5.69 Å². The first-order valence-electron chi connectivity index (χ1n) is 7.19. The third-order valence-electron chi connectivity index (χ3n) is 3.22. The highest BCUT2D eigenvalue weighted by atomic mass is 35.5. The Bertz CT molecular complexity index is 1000. The summed E-state index contributed by atoms with van der Waals surface area (Å²) in [6.45, 7) is 0. The second-order valence-corrected chi connectivity index (χ2v) is 8.45. The van der Waals surface area contributed by atoms with Crippen LogP contribution < -0.4 is 10.0 Å². The lowest BCUT2D eigenvalue weighted by molar-refractivity contribution is 0.103. The Morgan fingerprint density at radius 1 is 0.920 bits per heavy atom. The molecule has 5 nitrogen and oxygen atoms in total. The molecule has 8 heteroatoms. The molecule has 0 fully saturated rings. The van der Waals surface area contributed by atoms with Crippen LogP contribution in [0.2, 0.25) is 4.34 Å². The molecular formula is C17H13ClN2O3S2. The zero-order valence-corrected chi connectivity index (χ0v) is 15.2. The van der Waals surface area contributed by atoms with Crippen LogP contribution in [0.5, 0.6) is 0 Å². The minimum absolute atomic E-state index is 0.165. The van der Waals surface area contributed by atoms with E-state index >= 15 is 0 Å². The van der Waals surface area contributed by atoms with Crippen LogP contribution in [0.1, 0.15) is 9.67 Å². The van der Waals surface area contributed by atoms with Gasteiger partial charge in [0.05, 0.1) is 19.8 Å². The number of hydrogen-bond acceptors (Lipinski definition) is 4. The molecule has 0 unspecified atom stereocenters. The van der Waals surface area contributed by atoms with Gasteiger partial charge in [-0.2, -0.15) is 0 Å². The molecule has 2 aromatic carbocycles. The fourth-order valence-corrected chi connectivity index (χ4v) is 4.11. The number of anilines is 2. The topological polar surface area (TPSA) is 75.3 Å². The van der Waals surface area contributed by atoms with E-state index in [4.69, 9.17) is 11.6 Å². The van der Waals surface area contributed by atoms with Crippen LogP contribution in [0.4, 0.5) is 11.4 Å². The predicted octanol–water partition coefficient (Wildman–Crippen LogP) is 4.45. The molecule has 0 saturated heterocycles. The van der Waals surface area contributed by atoms with Crippen LogP contribution in [0.25, 0.3) is 0 Å². The van der Waals surface area contributed by atoms with Crippen LogP contribution in [-0.4, -0.2) is 14.3 Å². The zero-order valence-electron chi connectivity index (χ0n) is 12.8. The summed E-state index contributed by atoms with van der Waals surface area (Å²) in [4.78, 5) is 12.8. The van der Waals surface area contributed by atoms with E-state index in [1.54, 1.807) is 54.6 Å². The number of hydrogen-bond donors (Lipinski definition) is 2. The average molecular weight is 393 g/mol. The summed E-state index contributed by atoms with van der Waals surface area (Å²) in [7, 11) is -3.69. The SMILES string of the molecule is O=C(Nc1cccc(NS(=O)(=O)c2ccccc2)c1)c1ccc(Cl)s1. The van der Waals surface area contributed by atoms with Crippen molar-refractivity contribution in [3.8, 4) is 0 Å². The second-order valence-electron chi connectivity index (χ2n) is 5.06. The molecule has 2 N–H and O–H groups in total. The summed E-state index contributed by atoms with van der Waals surface area (Å²) in [6, 6.07) is 17.8. The van der Waals surface area contributed by atoms with Gasteiger partial charge in [-0.15, -0.1) is 11.3 Å². The maximum atomic E-state index is 12.3. The van der Waals surface area contributed by atoms with Crippen LogP contribution in [0, 0.1) is 0 Å². The molecular weight excluding hydrogens is 380 g/mol. The molecule has 3 rings (SSSR count). The minimum Gasteiger partial charge on any atom is -0.321 e. The van der Waals surface area contributed by atoms with Gasteiger partial charge in [0.15, 0.2) is 0 Å². The van der Waals surface area contributed by atoms with E-state index in [2.05, 4.69) is 10.0 Å². The van der Waals surface area contributed by atoms with Gasteiger partial charge in [-0.1, -0.05) is 35.9 Å². The lowest BCUT2D eigenvalue weighted by Gasteiger charge is -2.10. The third-order valence-corrected chi connectivity index (χ3v) is 5.85. The van der Waals surface area contributed by atoms with Gasteiger partial charge in [0.2, 0.25) is 0 Å². The fraction of sp³-hybridized carbons (Fsp3) is 0. The lowest BCUT2D eigenvalue weighted by Crippen LogP contribution is -2.14. The quantitative estimate of drug-likeness (QED) is 0.673. The van der Waals surface area contributed by atoms with E-state index < -0.39 is 10.0 Å². The highest BCUT2D eigenvalue weighted by molar-refractivity contribution is 7.92. The van der Waals surface area contributed by atoms with Gasteiger partial charge in [-0.05, 0) is 42.5 Å². The predicted molar refractivity (Wildman–Crippen MR) is 101 cm³/mol. The summed E-state index contributed by atoms with van der Waals surface area (Å²) in [5.74, 6) is -0.306. The molecule has 3 aromatic rings. The van der Waals surface area contributed by atoms with E-state index in [9.17, 15) is 13.2 Å². The summed E-state index contributed by atoms with van der Waals surface area (Å²) in [5, 5.41) is 2.72. The summed E-state index contributed by atoms with van der Waals surface area (Å²) in [5.41, 5.74) is 0.827. The third kappa shape index (κ3) is 4.39. The van der Waals surface area contributed by atoms with Gasteiger partial charge in [-0.3, -0.25) is 9.52 Å². The average Bonchev–Trinajstić information content (AvgIpc) is 3.02. The molecule has 128 valence electrons. The van der Waals surface area contributed by atoms with E-state index in [0.29, 0.717) is 20.6 Å². The molecule has 0 aliphatic carbocycles. The first-order valence-corrected chi connectivity index (χ1v) is 9.86. The van der Waals surface area contributed by atoms with Gasteiger partial charge in [-0.25, -0.2) is 8.42 Å². The second kappa shape index (κ2) is 7.26. The number of halogens is 1. The molecule has 1 aromatic heterocycles. The van der Waals surface area contributed by atoms with Crippen LogP contribution in [0.15, 0.2) is 71.6 Å². The zero-order chi connectivity index (χ0) is 17.9. The van der Waals surface area contributed by atoms with Crippen molar-refractivity contribution in [1.82, 2.24) is 0 Å². The molecule has 0 radical (unpaired) electrons. The Hall–Kier alpha value is -2.35. The van der Waals surface area contributed by atoms with E-state index in [-0.39, 0.29) is 10.8 Å². The first-order chi connectivity index (χ1) is 11.9. The number of benzene rings is 2. The first kappa shape index (κ1) is 17.5. The molecule has 0 bridgehead atoms. The van der Waals surface area contributed by atoms with Crippen molar-refractivity contribution in [3.63, 3.8) is 0 Å². The number of rotatable bonds is 5. The molecule has 1 heterocycles. The normalized spacial score (nSPS) is 11.1. The smallest absolute Gasteiger partial charge is 0.265 e. The molecule has 0 spiro atoms. The van der Waals surface area contributed by atoms with Crippen molar-refractivity contribution in [2.45, 2.75) is 4.90 Å². The van der Waals surface area contributed by atoms with Gasteiger partial charge < -0.3 is 5.32 Å². The number of nitrogens with one attached hydrogen (secondary N) is 2. The van der Waals surface area contributed by atoms with Crippen molar-refractivity contribution < 1.29 is 13.2 Å². The molecule has 0 atom stereocenters. The van der Waals surface area contributed by atoms with Gasteiger partial charge in [0.25, 0.3) is 15.9 Å². The molecule has 0 aliphatic heterocycles. The number of carbonyl (C=O) groups excluding carboxylic acids is 1. The highest BCUT2D eigenvalue weighted by Gasteiger charge is 2.14. The summed E-state index contributed by atoms with van der Waals surface area (Å²) >= 11 is 6.99. The largest absolute Gasteiger partial charge is 0.321 e. The number of carbonyl (C=O) groups is 1. The van der Waals surface area contributed by atoms with Crippen LogP contribution >= 0.6 is 22.9 Å². The van der Waals surface area contributed by atoms with E-state index in [0.717, 1.165) is 0 Å². The maximum Gasteiger partial charge on any atom is 0.265 e. The Kier molecular flexibility index (Phi) is 5.08.